The minimum Gasteiger partial charge on any atom is -0.481 e. The third-order valence-corrected chi connectivity index (χ3v) is 18.3. The molecule has 0 spiro atoms. The van der Waals surface area contributed by atoms with Crippen LogP contribution in [-0.4, -0.2) is 79.8 Å². The highest BCUT2D eigenvalue weighted by molar-refractivity contribution is 5.83. The summed E-state index contributed by atoms with van der Waals surface area (Å²) in [5, 5.41) is 29.8. The Morgan fingerprint density at radius 3 is 1.48 bits per heavy atom. The zero-order valence-electron chi connectivity index (χ0n) is 43.5. The number of carbonyl (C=O) groups excluding carboxylic acids is 4. The summed E-state index contributed by atoms with van der Waals surface area (Å²) in [4.78, 5) is 58.8. The molecule has 0 aromatic carbocycles. The minimum atomic E-state index is -0.842. The van der Waals surface area contributed by atoms with Crippen LogP contribution in [0.5, 0.6) is 0 Å². The number of aliphatic carboxylic acids is 1. The molecular weight excluding hydrogens is 841 g/mol. The number of rotatable bonds is 12. The molecule has 10 fully saturated rings. The van der Waals surface area contributed by atoms with Crippen LogP contribution in [0.3, 0.4) is 0 Å². The molecule has 9 saturated carbocycles. The Morgan fingerprint density at radius 2 is 1.06 bits per heavy atom. The Bertz CT molecular complexity index is 1740. The Kier molecular flexibility index (Phi) is 15.8. The molecule has 10 rings (SSSR count). The summed E-state index contributed by atoms with van der Waals surface area (Å²) in [7, 11) is 0. The fourth-order valence-electron chi connectivity index (χ4n) is 12.9. The summed E-state index contributed by atoms with van der Waals surface area (Å²) in [6.07, 6.45) is 17.0. The van der Waals surface area contributed by atoms with Crippen LogP contribution in [-0.2, 0) is 42.9 Å². The van der Waals surface area contributed by atoms with E-state index < -0.39 is 45.1 Å². The molecular formula is C54H90O12. The van der Waals surface area contributed by atoms with E-state index in [2.05, 4.69) is 20.8 Å². The Balaban J connectivity index is 0.000000172. The predicted molar refractivity (Wildman–Crippen MR) is 252 cm³/mol. The van der Waals surface area contributed by atoms with Gasteiger partial charge in [-0.15, -0.1) is 0 Å². The van der Waals surface area contributed by atoms with Crippen molar-refractivity contribution in [2.45, 2.75) is 254 Å². The molecule has 3 unspecified atom stereocenters. The van der Waals surface area contributed by atoms with Gasteiger partial charge in [-0.05, 0) is 196 Å². The van der Waals surface area contributed by atoms with Gasteiger partial charge in [-0.2, -0.15) is 0 Å². The van der Waals surface area contributed by atoms with Gasteiger partial charge in [-0.3, -0.25) is 19.2 Å². The second-order valence-electron chi connectivity index (χ2n) is 25.8. The van der Waals surface area contributed by atoms with E-state index in [1.54, 1.807) is 13.8 Å². The first kappa shape index (κ1) is 54.2. The van der Waals surface area contributed by atoms with Crippen molar-refractivity contribution in [3.63, 3.8) is 0 Å². The number of esters is 4. The zero-order valence-corrected chi connectivity index (χ0v) is 43.5. The lowest BCUT2D eigenvalue weighted by Gasteiger charge is -2.62. The maximum Gasteiger partial charge on any atom is 0.348 e. The van der Waals surface area contributed by atoms with Gasteiger partial charge in [0.05, 0.1) is 32.9 Å². The number of hydrogen-bond donors (Lipinski definition) is 3. The van der Waals surface area contributed by atoms with Gasteiger partial charge < -0.3 is 34.3 Å². The van der Waals surface area contributed by atoms with Crippen molar-refractivity contribution >= 4 is 29.8 Å². The molecule has 66 heavy (non-hydrogen) atoms. The molecule has 0 radical (unpaired) electrons. The van der Waals surface area contributed by atoms with Crippen LogP contribution in [0, 0.1) is 56.7 Å². The Labute approximate surface area is 397 Å². The number of carbonyl (C=O) groups is 5. The van der Waals surface area contributed by atoms with Crippen molar-refractivity contribution in [3.05, 3.63) is 0 Å². The summed E-state index contributed by atoms with van der Waals surface area (Å²) < 4.78 is 22.6. The lowest BCUT2D eigenvalue weighted by molar-refractivity contribution is -0.264. The standard InChI is InChI=1S/C19H32O2.C16H26O4.C13H20O4.C6H12O2/c1-6-17(2,3)16(20)21-18(4,5)19-10-13-7-14(11-19)9-15(8-13)12-19;1-4-13(2,3)12(17)20-16-7-11-5-14(18,9-16)8-15(19,6-11)10-16;1-4-13(2,3)12(15)17-10-8-6-5-7-9(8)16-11(10)14;1-4-6(2,3)5(7)8/h13-15H,6-12H2,1-5H3;11,18-19H,4-10H2,1-3H3;8-10H,4-7H2,1-3H3;4H2,1-3H3,(H,7,8)/t;;8-,9?,10-;/m..0./s1. The average molecular weight is 931 g/mol. The van der Waals surface area contributed by atoms with E-state index >= 15 is 0 Å². The van der Waals surface area contributed by atoms with Crippen LogP contribution in [0.25, 0.3) is 0 Å². The predicted octanol–water partition coefficient (Wildman–Crippen LogP) is 10.7. The van der Waals surface area contributed by atoms with Crippen molar-refractivity contribution in [2.24, 2.45) is 56.7 Å². The largest absolute Gasteiger partial charge is 0.481 e. The highest BCUT2D eigenvalue weighted by Gasteiger charge is 2.65. The quantitative estimate of drug-likeness (QED) is 0.125. The van der Waals surface area contributed by atoms with Crippen LogP contribution in [0.4, 0.5) is 0 Å². The third-order valence-electron chi connectivity index (χ3n) is 18.3. The second kappa shape index (κ2) is 19.2. The van der Waals surface area contributed by atoms with Gasteiger partial charge in [-0.1, -0.05) is 27.7 Å². The number of aliphatic hydroxyl groups is 2. The van der Waals surface area contributed by atoms with Gasteiger partial charge in [0, 0.05) is 30.6 Å². The highest BCUT2D eigenvalue weighted by atomic mass is 16.6. The maximum absolute atomic E-state index is 12.6. The lowest BCUT2D eigenvalue weighted by Crippen LogP contribution is -2.67. The number of carboxylic acids is 1. The minimum absolute atomic E-state index is 0.00857. The van der Waals surface area contributed by atoms with Gasteiger partial charge in [0.2, 0.25) is 6.10 Å². The van der Waals surface area contributed by atoms with E-state index in [0.717, 1.165) is 69.1 Å². The molecule has 1 saturated heterocycles. The monoisotopic (exact) mass is 931 g/mol. The van der Waals surface area contributed by atoms with Gasteiger partial charge in [0.15, 0.2) is 0 Å². The van der Waals surface area contributed by atoms with E-state index in [-0.39, 0.29) is 58.2 Å². The van der Waals surface area contributed by atoms with Crippen LogP contribution in [0.2, 0.25) is 0 Å². The first-order valence-electron chi connectivity index (χ1n) is 25.8. The molecule has 9 aliphatic carbocycles. The molecule has 378 valence electrons. The van der Waals surface area contributed by atoms with Gasteiger partial charge in [-0.25, -0.2) is 4.79 Å². The smallest absolute Gasteiger partial charge is 0.348 e. The maximum atomic E-state index is 12.6. The van der Waals surface area contributed by atoms with Crippen LogP contribution < -0.4 is 0 Å². The molecule has 0 aromatic rings. The molecule has 10 aliphatic rings. The highest BCUT2D eigenvalue weighted by Crippen LogP contribution is 2.65. The molecule has 0 amide bonds. The third kappa shape index (κ3) is 11.6. The number of ether oxygens (including phenoxy) is 4. The number of hydrogen-bond acceptors (Lipinski definition) is 11. The van der Waals surface area contributed by atoms with E-state index in [9.17, 15) is 34.2 Å². The first-order valence-corrected chi connectivity index (χ1v) is 25.8. The fourth-order valence-corrected chi connectivity index (χ4v) is 12.9. The van der Waals surface area contributed by atoms with Crippen molar-refractivity contribution in [1.29, 1.82) is 0 Å². The Hall–Kier alpha value is -2.73. The van der Waals surface area contributed by atoms with Crippen molar-refractivity contribution in [3.8, 4) is 0 Å². The van der Waals surface area contributed by atoms with Crippen molar-refractivity contribution in [1.82, 2.24) is 0 Å². The first-order chi connectivity index (χ1) is 30.2. The normalized spacial score (nSPS) is 36.1. The van der Waals surface area contributed by atoms with Gasteiger partial charge in [0.25, 0.3) is 0 Å². The lowest BCUT2D eigenvalue weighted by atomic mass is 9.46. The Morgan fingerprint density at radius 1 is 0.606 bits per heavy atom. The SMILES string of the molecule is CCC(C)(C)C(=O)O.CCC(C)(C)C(=O)OC(C)(C)C12CC3CC(CC(C3)C1)C2.CCC(C)(C)C(=O)OC12CC3CC(O)(CC(O)(C3)C1)C2.CCC(C)(C)C(=O)O[C@@H]1C(=O)OC2CCC[C@@H]21. The zero-order chi connectivity index (χ0) is 49.7. The molecule has 12 heteroatoms. The van der Waals surface area contributed by atoms with E-state index in [1.807, 2.05) is 62.3 Å². The van der Waals surface area contributed by atoms with Crippen molar-refractivity contribution < 1.29 is 58.2 Å². The fraction of sp³-hybridized carbons (Fsp3) is 0.907. The van der Waals surface area contributed by atoms with E-state index in [0.29, 0.717) is 32.1 Å². The summed E-state index contributed by atoms with van der Waals surface area (Å²) in [6.45, 7) is 27.1. The van der Waals surface area contributed by atoms with Crippen LogP contribution in [0.15, 0.2) is 0 Å². The van der Waals surface area contributed by atoms with Gasteiger partial charge >= 0.3 is 29.8 Å². The summed E-state index contributed by atoms with van der Waals surface area (Å²) in [5.74, 6) is 1.46. The van der Waals surface area contributed by atoms with E-state index in [1.165, 1.54) is 38.5 Å². The molecule has 1 aliphatic heterocycles. The molecule has 0 aromatic heterocycles. The second-order valence-corrected chi connectivity index (χ2v) is 25.8. The average Bonchev–Trinajstić information content (AvgIpc) is 3.77. The molecule has 3 N–H and O–H groups in total. The van der Waals surface area contributed by atoms with Crippen LogP contribution >= 0.6 is 0 Å². The number of carboxylic acid groups (broad SMARTS) is 1. The molecule has 1 heterocycles. The topological polar surface area (TPSA) is 183 Å². The number of fused-ring (bicyclic) bond motifs is 1. The summed E-state index contributed by atoms with van der Waals surface area (Å²) >= 11 is 0. The van der Waals surface area contributed by atoms with Gasteiger partial charge in [0.1, 0.15) is 17.3 Å². The molecule has 5 atom stereocenters. The molecule has 12 nitrogen and oxygen atoms in total. The van der Waals surface area contributed by atoms with E-state index in [4.69, 9.17) is 24.1 Å². The summed E-state index contributed by atoms with van der Waals surface area (Å²) in [6, 6.07) is 0. The van der Waals surface area contributed by atoms with Crippen molar-refractivity contribution in [2.75, 3.05) is 0 Å². The molecule has 8 bridgehead atoms. The summed E-state index contributed by atoms with van der Waals surface area (Å²) in [5.41, 5.74) is -4.33. The van der Waals surface area contributed by atoms with Crippen LogP contribution in [0.1, 0.15) is 219 Å².